The van der Waals surface area contributed by atoms with Gasteiger partial charge in [-0.05, 0) is 48.3 Å². The monoisotopic (exact) mass is 700 g/mol. The largest absolute Gasteiger partial charge is 0.461 e. The summed E-state index contributed by atoms with van der Waals surface area (Å²) in [7, 11) is 0. The predicted molar refractivity (Wildman–Crippen MR) is 190 cm³/mol. The zero-order chi connectivity index (χ0) is 36.7. The highest BCUT2D eigenvalue weighted by molar-refractivity contribution is 5.99. The van der Waals surface area contributed by atoms with E-state index in [4.69, 9.17) is 4.74 Å². The number of hydrogen-bond acceptors (Lipinski definition) is 7. The second-order valence-electron chi connectivity index (χ2n) is 14.1. The summed E-state index contributed by atoms with van der Waals surface area (Å²) in [5.74, 6) is -4.06. The zero-order valence-corrected chi connectivity index (χ0v) is 29.6. The number of hydrogen-bond donors (Lipinski definition) is 5. The molecule has 272 valence electrons. The van der Waals surface area contributed by atoms with E-state index >= 15 is 0 Å². The van der Waals surface area contributed by atoms with Gasteiger partial charge in [0.2, 0.25) is 29.5 Å². The minimum atomic E-state index is -1.39. The third-order valence-electron chi connectivity index (χ3n) is 9.39. The van der Waals surface area contributed by atoms with E-state index in [0.29, 0.717) is 12.8 Å². The van der Waals surface area contributed by atoms with Gasteiger partial charge in [0.1, 0.15) is 36.8 Å². The highest BCUT2D eigenvalue weighted by Crippen LogP contribution is 2.22. The van der Waals surface area contributed by atoms with Crippen LogP contribution in [0.5, 0.6) is 0 Å². The van der Waals surface area contributed by atoms with Crippen LogP contribution in [0.3, 0.4) is 0 Å². The molecule has 0 unspecified atom stereocenters. The van der Waals surface area contributed by atoms with Gasteiger partial charge in [-0.1, -0.05) is 76.2 Å². The molecule has 2 fully saturated rings. The topological polar surface area (TPSA) is 179 Å². The fourth-order valence-electron chi connectivity index (χ4n) is 6.69. The molecule has 13 heteroatoms. The maximum Gasteiger partial charge on any atom is 0.308 e. The van der Waals surface area contributed by atoms with Gasteiger partial charge in [-0.3, -0.25) is 28.8 Å². The van der Waals surface area contributed by atoms with Gasteiger partial charge in [0.05, 0.1) is 6.42 Å². The van der Waals surface area contributed by atoms with Crippen molar-refractivity contribution < 1.29 is 33.5 Å². The molecule has 13 nitrogen and oxygen atoms in total. The first kappa shape index (κ1) is 37.1. The van der Waals surface area contributed by atoms with Crippen molar-refractivity contribution in [3.05, 3.63) is 71.9 Å². The minimum Gasteiger partial charge on any atom is -0.461 e. The summed E-state index contributed by atoms with van der Waals surface area (Å²) in [4.78, 5) is 87.6. The van der Waals surface area contributed by atoms with Gasteiger partial charge in [-0.25, -0.2) is 0 Å². The molecular weight excluding hydrogens is 652 g/mol. The molecular formula is C38H48N6O7. The average Bonchev–Trinajstić information content (AvgIpc) is 3.76. The minimum absolute atomic E-state index is 0.00735. The van der Waals surface area contributed by atoms with Gasteiger partial charge >= 0.3 is 5.97 Å². The first-order valence-electron chi connectivity index (χ1n) is 17.7. The molecule has 1 aromatic heterocycles. The first-order chi connectivity index (χ1) is 24.4. The van der Waals surface area contributed by atoms with Gasteiger partial charge in [-0.2, -0.15) is 0 Å². The van der Waals surface area contributed by atoms with Crippen LogP contribution in [0, 0.1) is 11.8 Å². The molecule has 5 atom stereocenters. The van der Waals surface area contributed by atoms with Crippen molar-refractivity contribution in [2.75, 3.05) is 6.54 Å². The number of nitrogens with one attached hydrogen (secondary N) is 5. The normalized spacial score (nSPS) is 23.6. The summed E-state index contributed by atoms with van der Waals surface area (Å²) in [5, 5.41) is 12.1. The molecule has 5 amide bonds. The number of amides is 5. The standard InChI is InChI=1S/C38H48N6O7/c1-22(2)17-28-34(46)40-29(18-25-20-39-27-14-9-8-13-26(25)27)35(47)42-30(19-32(45)51-21-24-11-6-5-7-12-24)38(50)44-16-10-15-31(44)36(48)43-33(23(3)4)37(49)41-28/h5-9,11-14,20,22-23,28-31,33,39H,10,15-19,21H2,1-4H3,(H,40,46)(H,41,49)(H,42,47)(H,43,48)/t28-,29+,30+,31-,33+/m0/s1. The Kier molecular flexibility index (Phi) is 12.1. The van der Waals surface area contributed by atoms with Crippen molar-refractivity contribution in [1.29, 1.82) is 0 Å². The van der Waals surface area contributed by atoms with Crippen molar-refractivity contribution in [3.8, 4) is 0 Å². The van der Waals surface area contributed by atoms with E-state index in [1.54, 1.807) is 32.2 Å². The van der Waals surface area contributed by atoms with Crippen LogP contribution < -0.4 is 21.3 Å². The predicted octanol–water partition coefficient (Wildman–Crippen LogP) is 2.49. The Morgan fingerprint density at radius 3 is 2.20 bits per heavy atom. The van der Waals surface area contributed by atoms with Crippen LogP contribution in [0.15, 0.2) is 60.8 Å². The molecule has 0 saturated carbocycles. The van der Waals surface area contributed by atoms with Crippen molar-refractivity contribution in [3.63, 3.8) is 0 Å². The van der Waals surface area contributed by atoms with Crippen molar-refractivity contribution in [1.82, 2.24) is 31.2 Å². The number of rotatable bonds is 9. The number of carbonyl (C=O) groups is 6. The SMILES string of the molecule is CC(C)C[C@@H]1NC(=O)[C@@H](C(C)C)NC(=O)[C@@H]2CCCN2C(=O)[C@@H](CC(=O)OCc2ccccc2)NC(=O)[C@@H](Cc2c[nH]c3ccccc23)NC1=O. The maximum absolute atomic E-state index is 14.2. The number of aromatic amines is 1. The fourth-order valence-corrected chi connectivity index (χ4v) is 6.69. The molecule has 3 heterocycles. The summed E-state index contributed by atoms with van der Waals surface area (Å²) in [6, 6.07) is 11.1. The van der Waals surface area contributed by atoms with Gasteiger partial charge in [0.25, 0.3) is 0 Å². The van der Waals surface area contributed by atoms with E-state index in [1.807, 2.05) is 56.3 Å². The number of aromatic nitrogens is 1. The quantitative estimate of drug-likeness (QED) is 0.213. The second kappa shape index (κ2) is 16.7. The maximum atomic E-state index is 14.2. The average molecular weight is 701 g/mol. The van der Waals surface area contributed by atoms with Crippen molar-refractivity contribution in [2.24, 2.45) is 11.8 Å². The Labute approximate surface area is 297 Å². The van der Waals surface area contributed by atoms with Crippen LogP contribution in [0.25, 0.3) is 10.9 Å². The Bertz CT molecular complexity index is 1740. The van der Waals surface area contributed by atoms with E-state index in [-0.39, 0.29) is 37.8 Å². The van der Waals surface area contributed by atoms with Crippen LogP contribution in [-0.4, -0.2) is 82.1 Å². The van der Waals surface area contributed by atoms with E-state index < -0.39 is 72.1 Å². The van der Waals surface area contributed by atoms with Crippen LogP contribution in [0.4, 0.5) is 0 Å². The molecule has 0 spiro atoms. The summed E-state index contributed by atoms with van der Waals surface area (Å²) in [5.41, 5.74) is 2.33. The number of ether oxygens (including phenoxy) is 1. The lowest BCUT2D eigenvalue weighted by Crippen LogP contribution is -2.59. The Hall–Kier alpha value is -5.20. The zero-order valence-electron chi connectivity index (χ0n) is 29.6. The van der Waals surface area contributed by atoms with E-state index in [2.05, 4.69) is 26.3 Å². The van der Waals surface area contributed by atoms with Gasteiger partial charge in [-0.15, -0.1) is 0 Å². The summed E-state index contributed by atoms with van der Waals surface area (Å²) < 4.78 is 5.49. The summed E-state index contributed by atoms with van der Waals surface area (Å²) in [6.45, 7) is 7.57. The molecule has 5 rings (SSSR count). The van der Waals surface area contributed by atoms with E-state index in [0.717, 1.165) is 22.0 Å². The van der Waals surface area contributed by atoms with E-state index in [1.165, 1.54) is 4.90 Å². The van der Waals surface area contributed by atoms with Crippen LogP contribution in [-0.2, 0) is 46.5 Å². The Morgan fingerprint density at radius 2 is 1.47 bits per heavy atom. The lowest BCUT2D eigenvalue weighted by Gasteiger charge is -2.30. The molecule has 3 aromatic rings. The summed E-state index contributed by atoms with van der Waals surface area (Å²) >= 11 is 0. The van der Waals surface area contributed by atoms with Crippen molar-refractivity contribution in [2.45, 2.75) is 96.6 Å². The third-order valence-corrected chi connectivity index (χ3v) is 9.39. The molecule has 0 aliphatic carbocycles. The number of esters is 1. The number of H-pyrrole nitrogens is 1. The molecule has 51 heavy (non-hydrogen) atoms. The second-order valence-corrected chi connectivity index (χ2v) is 14.1. The van der Waals surface area contributed by atoms with Gasteiger partial charge in [0.15, 0.2) is 0 Å². The Morgan fingerprint density at radius 1 is 0.804 bits per heavy atom. The number of para-hydroxylation sites is 1. The van der Waals surface area contributed by atoms with Gasteiger partial charge in [0, 0.05) is 30.1 Å². The van der Waals surface area contributed by atoms with E-state index in [9.17, 15) is 28.8 Å². The lowest BCUT2D eigenvalue weighted by molar-refractivity contribution is -0.150. The van der Waals surface area contributed by atoms with Crippen LogP contribution in [0.1, 0.15) is 64.5 Å². The number of carbonyl (C=O) groups excluding carboxylic acids is 6. The Balaban J connectivity index is 1.51. The molecule has 0 bridgehead atoms. The summed E-state index contributed by atoms with van der Waals surface area (Å²) in [6.07, 6.45) is 2.42. The fraction of sp³-hybridized carbons (Fsp3) is 0.474. The smallest absolute Gasteiger partial charge is 0.308 e. The third kappa shape index (κ3) is 9.33. The number of benzene rings is 2. The molecule has 2 aliphatic heterocycles. The first-order valence-corrected chi connectivity index (χ1v) is 17.7. The van der Waals surface area contributed by atoms with Crippen molar-refractivity contribution >= 4 is 46.4 Å². The highest BCUT2D eigenvalue weighted by atomic mass is 16.5. The molecule has 5 N–H and O–H groups in total. The molecule has 2 aliphatic rings. The molecule has 2 saturated heterocycles. The molecule has 2 aromatic carbocycles. The highest BCUT2D eigenvalue weighted by Gasteiger charge is 2.41. The molecule has 0 radical (unpaired) electrons. The van der Waals surface area contributed by atoms with Crippen LogP contribution >= 0.6 is 0 Å². The van der Waals surface area contributed by atoms with Gasteiger partial charge < -0.3 is 35.9 Å². The van der Waals surface area contributed by atoms with Crippen LogP contribution in [0.2, 0.25) is 0 Å². The lowest BCUT2D eigenvalue weighted by atomic mass is 9.98. The number of nitrogens with zero attached hydrogens (tertiary/aromatic N) is 1. The number of fused-ring (bicyclic) bond motifs is 2.